The maximum Gasteiger partial charge on any atom is 0.326 e. The standard InChI is InChI=1S/C16H32N2O2/c1-5-14-10-7-8-12-18(14)13-9-11-16(3,17-4)15(19)20-6-2/h14,17H,5-13H2,1-4H3. The summed E-state index contributed by atoms with van der Waals surface area (Å²) < 4.78 is 5.17. The molecule has 0 aliphatic carbocycles. The molecule has 2 atom stereocenters. The normalized spacial score (nSPS) is 23.3. The van der Waals surface area contributed by atoms with Crippen LogP contribution < -0.4 is 5.32 Å². The number of hydrogen-bond acceptors (Lipinski definition) is 4. The first-order chi connectivity index (χ1) is 9.57. The number of nitrogens with zero attached hydrogens (tertiary/aromatic N) is 1. The zero-order valence-electron chi connectivity index (χ0n) is 13.7. The van der Waals surface area contributed by atoms with Gasteiger partial charge < -0.3 is 15.0 Å². The predicted molar refractivity (Wildman–Crippen MR) is 82.8 cm³/mol. The minimum absolute atomic E-state index is 0.131. The molecule has 4 nitrogen and oxygen atoms in total. The summed E-state index contributed by atoms with van der Waals surface area (Å²) >= 11 is 0. The summed E-state index contributed by atoms with van der Waals surface area (Å²) in [6.07, 6.45) is 7.12. The fourth-order valence-corrected chi connectivity index (χ4v) is 3.07. The van der Waals surface area contributed by atoms with Crippen molar-refractivity contribution in [2.75, 3.05) is 26.7 Å². The molecule has 1 heterocycles. The number of carbonyl (C=O) groups is 1. The molecular formula is C16H32N2O2. The van der Waals surface area contributed by atoms with Gasteiger partial charge in [-0.15, -0.1) is 0 Å². The number of hydrogen-bond donors (Lipinski definition) is 1. The SMILES string of the molecule is CCOC(=O)C(C)(CCCN1CCCCC1CC)NC. The number of likely N-dealkylation sites (N-methyl/N-ethyl adjacent to an activating group) is 1. The van der Waals surface area contributed by atoms with E-state index in [0.717, 1.165) is 25.4 Å². The highest BCUT2D eigenvalue weighted by Gasteiger charge is 2.32. The van der Waals surface area contributed by atoms with E-state index in [4.69, 9.17) is 4.74 Å². The highest BCUT2D eigenvalue weighted by Crippen LogP contribution is 2.21. The van der Waals surface area contributed by atoms with Crippen molar-refractivity contribution in [1.29, 1.82) is 0 Å². The van der Waals surface area contributed by atoms with Crippen LogP contribution in [0.5, 0.6) is 0 Å². The minimum Gasteiger partial charge on any atom is -0.465 e. The van der Waals surface area contributed by atoms with E-state index in [2.05, 4.69) is 17.1 Å². The monoisotopic (exact) mass is 284 g/mol. The molecule has 1 saturated heterocycles. The summed E-state index contributed by atoms with van der Waals surface area (Å²) in [6.45, 7) is 8.83. The highest BCUT2D eigenvalue weighted by atomic mass is 16.5. The Kier molecular flexibility index (Phi) is 7.52. The molecular weight excluding hydrogens is 252 g/mol. The van der Waals surface area contributed by atoms with Crippen LogP contribution in [0.4, 0.5) is 0 Å². The van der Waals surface area contributed by atoms with Gasteiger partial charge in [0.1, 0.15) is 5.54 Å². The summed E-state index contributed by atoms with van der Waals surface area (Å²) in [5.41, 5.74) is -0.548. The third kappa shape index (κ3) is 4.74. The van der Waals surface area contributed by atoms with Crippen LogP contribution >= 0.6 is 0 Å². The Morgan fingerprint density at radius 3 is 2.75 bits per heavy atom. The van der Waals surface area contributed by atoms with Crippen LogP contribution in [0.15, 0.2) is 0 Å². The van der Waals surface area contributed by atoms with Gasteiger partial charge in [-0.3, -0.25) is 4.79 Å². The maximum absolute atomic E-state index is 12.0. The zero-order chi connectivity index (χ0) is 15.0. The van der Waals surface area contributed by atoms with E-state index in [1.807, 2.05) is 20.9 Å². The molecule has 0 spiro atoms. The zero-order valence-corrected chi connectivity index (χ0v) is 13.7. The van der Waals surface area contributed by atoms with Crippen molar-refractivity contribution in [3.8, 4) is 0 Å². The van der Waals surface area contributed by atoms with E-state index in [-0.39, 0.29) is 5.97 Å². The topological polar surface area (TPSA) is 41.6 Å². The number of carbonyl (C=O) groups excluding carboxylic acids is 1. The largest absolute Gasteiger partial charge is 0.465 e. The van der Waals surface area contributed by atoms with Gasteiger partial charge >= 0.3 is 5.97 Å². The smallest absolute Gasteiger partial charge is 0.326 e. The lowest BCUT2D eigenvalue weighted by Gasteiger charge is -2.36. The first-order valence-corrected chi connectivity index (χ1v) is 8.17. The van der Waals surface area contributed by atoms with Crippen LogP contribution in [0.2, 0.25) is 0 Å². The van der Waals surface area contributed by atoms with Gasteiger partial charge in [0, 0.05) is 6.04 Å². The van der Waals surface area contributed by atoms with Crippen LogP contribution in [-0.2, 0) is 9.53 Å². The molecule has 4 heteroatoms. The Hall–Kier alpha value is -0.610. The van der Waals surface area contributed by atoms with E-state index >= 15 is 0 Å². The van der Waals surface area contributed by atoms with Crippen LogP contribution in [0.3, 0.4) is 0 Å². The molecule has 2 unspecified atom stereocenters. The third-order valence-corrected chi connectivity index (χ3v) is 4.62. The fourth-order valence-electron chi connectivity index (χ4n) is 3.07. The molecule has 1 fully saturated rings. The van der Waals surface area contributed by atoms with Gasteiger partial charge in [-0.05, 0) is 66.1 Å². The second kappa shape index (κ2) is 8.63. The van der Waals surface area contributed by atoms with Crippen molar-refractivity contribution in [1.82, 2.24) is 10.2 Å². The molecule has 1 N–H and O–H groups in total. The summed E-state index contributed by atoms with van der Waals surface area (Å²) in [5, 5.41) is 3.13. The summed E-state index contributed by atoms with van der Waals surface area (Å²) in [6, 6.07) is 0.743. The van der Waals surface area contributed by atoms with Crippen molar-refractivity contribution in [3.63, 3.8) is 0 Å². The molecule has 0 bridgehead atoms. The Morgan fingerprint density at radius 1 is 1.40 bits per heavy atom. The van der Waals surface area contributed by atoms with E-state index in [1.54, 1.807) is 0 Å². The predicted octanol–water partition coefficient (Wildman–Crippen LogP) is 2.57. The van der Waals surface area contributed by atoms with Crippen molar-refractivity contribution in [2.24, 2.45) is 0 Å². The van der Waals surface area contributed by atoms with Crippen molar-refractivity contribution in [2.45, 2.75) is 70.9 Å². The van der Waals surface area contributed by atoms with Crippen molar-refractivity contribution >= 4 is 5.97 Å². The highest BCUT2D eigenvalue weighted by molar-refractivity contribution is 5.80. The van der Waals surface area contributed by atoms with Crippen LogP contribution in [-0.4, -0.2) is 49.2 Å². The molecule has 1 rings (SSSR count). The van der Waals surface area contributed by atoms with Crippen molar-refractivity contribution < 1.29 is 9.53 Å². The van der Waals surface area contributed by atoms with E-state index in [9.17, 15) is 4.79 Å². The Labute approximate surface area is 124 Å². The molecule has 0 radical (unpaired) electrons. The average Bonchev–Trinajstić information content (AvgIpc) is 2.47. The summed E-state index contributed by atoms with van der Waals surface area (Å²) in [5.74, 6) is -0.131. The molecule has 20 heavy (non-hydrogen) atoms. The fraction of sp³-hybridized carbons (Fsp3) is 0.938. The molecule has 118 valence electrons. The number of piperidine rings is 1. The van der Waals surface area contributed by atoms with E-state index < -0.39 is 5.54 Å². The quantitative estimate of drug-likeness (QED) is 0.696. The van der Waals surface area contributed by atoms with E-state index in [1.165, 1.54) is 32.2 Å². The Morgan fingerprint density at radius 2 is 2.15 bits per heavy atom. The number of nitrogens with one attached hydrogen (secondary N) is 1. The molecule has 1 aliphatic heterocycles. The van der Waals surface area contributed by atoms with Crippen molar-refractivity contribution in [3.05, 3.63) is 0 Å². The van der Waals surface area contributed by atoms with Crippen LogP contribution in [0.25, 0.3) is 0 Å². The summed E-state index contributed by atoms with van der Waals surface area (Å²) in [7, 11) is 1.84. The molecule has 0 saturated carbocycles. The number of ether oxygens (including phenoxy) is 1. The molecule has 0 aromatic rings. The van der Waals surface area contributed by atoms with Gasteiger partial charge in [-0.2, -0.15) is 0 Å². The average molecular weight is 284 g/mol. The lowest BCUT2D eigenvalue weighted by molar-refractivity contribution is -0.150. The van der Waals surface area contributed by atoms with Gasteiger partial charge in [0.25, 0.3) is 0 Å². The van der Waals surface area contributed by atoms with Gasteiger partial charge in [-0.1, -0.05) is 13.3 Å². The van der Waals surface area contributed by atoms with Crippen LogP contribution in [0, 0.1) is 0 Å². The van der Waals surface area contributed by atoms with Gasteiger partial charge in [0.15, 0.2) is 0 Å². The Bertz CT molecular complexity index is 296. The Balaban J connectivity index is 2.42. The van der Waals surface area contributed by atoms with Crippen LogP contribution in [0.1, 0.15) is 59.3 Å². The molecule has 0 aromatic carbocycles. The first-order valence-electron chi connectivity index (χ1n) is 8.17. The minimum atomic E-state index is -0.548. The number of likely N-dealkylation sites (tertiary alicyclic amines) is 1. The lowest BCUT2D eigenvalue weighted by Crippen LogP contribution is -2.49. The van der Waals surface area contributed by atoms with Gasteiger partial charge in [0.05, 0.1) is 6.61 Å². The van der Waals surface area contributed by atoms with Gasteiger partial charge in [-0.25, -0.2) is 0 Å². The summed E-state index contributed by atoms with van der Waals surface area (Å²) in [4.78, 5) is 14.6. The van der Waals surface area contributed by atoms with E-state index in [0.29, 0.717) is 6.61 Å². The number of rotatable bonds is 8. The third-order valence-electron chi connectivity index (χ3n) is 4.62. The number of esters is 1. The molecule has 1 aliphatic rings. The second-order valence-electron chi connectivity index (χ2n) is 6.00. The van der Waals surface area contributed by atoms with Gasteiger partial charge in [0.2, 0.25) is 0 Å². The maximum atomic E-state index is 12.0. The lowest BCUT2D eigenvalue weighted by atomic mass is 9.94. The molecule has 0 aromatic heterocycles. The first kappa shape index (κ1) is 17.4. The molecule has 0 amide bonds. The second-order valence-corrected chi connectivity index (χ2v) is 6.00.